The average molecular weight is 500 g/mol. The topological polar surface area (TPSA) is 93.4 Å². The minimum Gasteiger partial charge on any atom is -0.497 e. The lowest BCUT2D eigenvalue weighted by molar-refractivity contribution is -0.154. The van der Waals surface area contributed by atoms with Crippen LogP contribution in [0.2, 0.25) is 0 Å². The molecule has 1 aromatic heterocycles. The van der Waals surface area contributed by atoms with E-state index in [0.29, 0.717) is 17.2 Å². The highest BCUT2D eigenvalue weighted by Gasteiger charge is 2.40. The van der Waals surface area contributed by atoms with Gasteiger partial charge in [-0.2, -0.15) is 13.2 Å². The zero-order valence-corrected chi connectivity index (χ0v) is 18.4. The summed E-state index contributed by atoms with van der Waals surface area (Å²) >= 11 is 0. The number of halogens is 3. The van der Waals surface area contributed by atoms with Gasteiger partial charge >= 0.3 is 12.1 Å². The summed E-state index contributed by atoms with van der Waals surface area (Å²) in [5.41, 5.74) is -1.36. The van der Waals surface area contributed by atoms with Crippen LogP contribution in [0.5, 0.6) is 34.5 Å². The molecule has 0 amide bonds. The summed E-state index contributed by atoms with van der Waals surface area (Å²) in [6.45, 7) is 0.0171. The van der Waals surface area contributed by atoms with Gasteiger partial charge in [0.1, 0.15) is 22.8 Å². The zero-order valence-electron chi connectivity index (χ0n) is 18.4. The van der Waals surface area contributed by atoms with Crippen molar-refractivity contribution in [1.82, 2.24) is 0 Å². The van der Waals surface area contributed by atoms with Gasteiger partial charge in [-0.15, -0.1) is 0 Å². The Labute approximate surface area is 200 Å². The Bertz CT molecular complexity index is 1520. The summed E-state index contributed by atoms with van der Waals surface area (Å²) in [7, 11) is 1.43. The van der Waals surface area contributed by atoms with Crippen molar-refractivity contribution in [2.75, 3.05) is 13.9 Å². The first-order chi connectivity index (χ1) is 17.2. The van der Waals surface area contributed by atoms with Crippen molar-refractivity contribution < 1.29 is 46.1 Å². The van der Waals surface area contributed by atoms with Crippen LogP contribution in [0.15, 0.2) is 69.9 Å². The van der Waals surface area contributed by atoms with Gasteiger partial charge < -0.3 is 28.1 Å². The first kappa shape index (κ1) is 23.1. The monoisotopic (exact) mass is 500 g/mol. The number of fused-ring (bicyclic) bond motifs is 2. The maximum absolute atomic E-state index is 13.8. The number of carbonyl (C=O) groups excluding carboxylic acids is 1. The van der Waals surface area contributed by atoms with Crippen LogP contribution in [0.4, 0.5) is 13.2 Å². The molecular weight excluding hydrogens is 485 g/mol. The van der Waals surface area contributed by atoms with Crippen LogP contribution in [-0.2, 0) is 6.18 Å². The predicted octanol–water partition coefficient (Wildman–Crippen LogP) is 5.56. The molecule has 0 atom stereocenters. The van der Waals surface area contributed by atoms with Crippen molar-refractivity contribution in [3.05, 3.63) is 82.2 Å². The van der Waals surface area contributed by atoms with E-state index in [9.17, 15) is 22.8 Å². The fourth-order valence-corrected chi connectivity index (χ4v) is 3.45. The van der Waals surface area contributed by atoms with Crippen LogP contribution < -0.4 is 29.1 Å². The van der Waals surface area contributed by atoms with E-state index < -0.39 is 34.7 Å². The van der Waals surface area contributed by atoms with Gasteiger partial charge in [-0.25, -0.2) is 4.79 Å². The number of methoxy groups -OCH3 is 1. The van der Waals surface area contributed by atoms with Crippen LogP contribution in [0.1, 0.15) is 16.1 Å². The molecule has 0 N–H and O–H groups in total. The van der Waals surface area contributed by atoms with Crippen molar-refractivity contribution in [2.45, 2.75) is 6.18 Å². The lowest BCUT2D eigenvalue weighted by Gasteiger charge is -2.14. The van der Waals surface area contributed by atoms with E-state index in [1.165, 1.54) is 61.7 Å². The average Bonchev–Trinajstić information content (AvgIpc) is 3.33. The number of hydrogen-bond acceptors (Lipinski definition) is 8. The second-order valence-electron chi connectivity index (χ2n) is 7.48. The zero-order chi connectivity index (χ0) is 25.4. The first-order valence-corrected chi connectivity index (χ1v) is 10.3. The van der Waals surface area contributed by atoms with Crippen molar-refractivity contribution in [3.8, 4) is 34.5 Å². The molecule has 4 aromatic rings. The van der Waals surface area contributed by atoms with Crippen LogP contribution in [-0.4, -0.2) is 19.9 Å². The third-order valence-electron chi connectivity index (χ3n) is 5.18. The van der Waals surface area contributed by atoms with Crippen LogP contribution in [0.25, 0.3) is 11.0 Å². The Morgan fingerprint density at radius 3 is 2.31 bits per heavy atom. The van der Waals surface area contributed by atoms with Gasteiger partial charge in [-0.05, 0) is 54.6 Å². The number of ether oxygens (including phenoxy) is 5. The highest BCUT2D eigenvalue weighted by Crippen LogP contribution is 2.39. The van der Waals surface area contributed by atoms with Gasteiger partial charge in [0.05, 0.1) is 18.1 Å². The molecule has 11 heteroatoms. The number of benzene rings is 3. The summed E-state index contributed by atoms with van der Waals surface area (Å²) in [6.07, 6.45) is -5.05. The maximum Gasteiger partial charge on any atom is 0.453 e. The lowest BCUT2D eigenvalue weighted by atomic mass is 10.2. The van der Waals surface area contributed by atoms with E-state index in [-0.39, 0.29) is 29.2 Å². The Hall–Kier alpha value is -4.67. The van der Waals surface area contributed by atoms with Crippen LogP contribution in [0, 0.1) is 0 Å². The normalized spacial score (nSPS) is 12.4. The van der Waals surface area contributed by atoms with Crippen molar-refractivity contribution in [3.63, 3.8) is 0 Å². The molecular formula is C25H15F3O8. The molecule has 0 aliphatic carbocycles. The minimum atomic E-state index is -5.05. The quantitative estimate of drug-likeness (QED) is 0.260. The van der Waals surface area contributed by atoms with Crippen molar-refractivity contribution in [1.29, 1.82) is 0 Å². The second-order valence-corrected chi connectivity index (χ2v) is 7.48. The molecule has 0 saturated carbocycles. The summed E-state index contributed by atoms with van der Waals surface area (Å²) < 4.78 is 72.3. The number of esters is 1. The molecule has 8 nitrogen and oxygen atoms in total. The maximum atomic E-state index is 13.8. The standard InChI is InChI=1S/C25H15F3O8/c1-31-14-3-5-15(6-4-14)34-22-21(29)17-8-7-16(11-19(17)36-23(22)25(26,27)28)35-24(30)13-2-9-18-20(10-13)33-12-32-18/h2-11H,12H2,1H3. The molecule has 184 valence electrons. The van der Waals surface area contributed by atoms with Gasteiger partial charge in [0, 0.05) is 6.07 Å². The number of hydrogen-bond donors (Lipinski definition) is 0. The van der Waals surface area contributed by atoms with E-state index in [1.807, 2.05) is 0 Å². The van der Waals surface area contributed by atoms with Crippen molar-refractivity contribution >= 4 is 16.9 Å². The lowest BCUT2D eigenvalue weighted by Crippen LogP contribution is -2.15. The largest absolute Gasteiger partial charge is 0.497 e. The molecule has 5 rings (SSSR count). The third-order valence-corrected chi connectivity index (χ3v) is 5.18. The first-order valence-electron chi connectivity index (χ1n) is 10.3. The minimum absolute atomic E-state index is 0.0171. The Morgan fingerprint density at radius 1 is 0.889 bits per heavy atom. The van der Waals surface area contributed by atoms with E-state index in [4.69, 9.17) is 28.1 Å². The van der Waals surface area contributed by atoms with Crippen molar-refractivity contribution in [2.24, 2.45) is 0 Å². The van der Waals surface area contributed by atoms with Gasteiger partial charge in [-0.3, -0.25) is 4.79 Å². The number of rotatable bonds is 5. The molecule has 0 bridgehead atoms. The highest BCUT2D eigenvalue weighted by molar-refractivity contribution is 5.92. The molecule has 3 aromatic carbocycles. The fourth-order valence-electron chi connectivity index (χ4n) is 3.45. The smallest absolute Gasteiger partial charge is 0.453 e. The van der Waals surface area contributed by atoms with Gasteiger partial charge in [-0.1, -0.05) is 0 Å². The van der Waals surface area contributed by atoms with Crippen LogP contribution >= 0.6 is 0 Å². The third kappa shape index (κ3) is 4.38. The molecule has 1 aliphatic heterocycles. The summed E-state index contributed by atoms with van der Waals surface area (Å²) in [5, 5.41) is -0.200. The van der Waals surface area contributed by atoms with E-state index in [1.54, 1.807) is 0 Å². The fraction of sp³-hybridized carbons (Fsp3) is 0.120. The summed E-state index contributed by atoms with van der Waals surface area (Å²) in [5.74, 6) is -2.34. The van der Waals surface area contributed by atoms with Gasteiger partial charge in [0.2, 0.25) is 18.0 Å². The molecule has 1 aliphatic rings. The molecule has 0 saturated heterocycles. The second kappa shape index (κ2) is 8.84. The summed E-state index contributed by atoms with van der Waals surface area (Å²) in [6, 6.07) is 13.5. The Morgan fingerprint density at radius 2 is 1.58 bits per heavy atom. The van der Waals surface area contributed by atoms with Gasteiger partial charge in [0.15, 0.2) is 11.5 Å². The number of alkyl halides is 3. The van der Waals surface area contributed by atoms with E-state index >= 15 is 0 Å². The SMILES string of the molecule is COc1ccc(Oc2c(C(F)(F)F)oc3cc(OC(=O)c4ccc5c(c4)OCO5)ccc3c2=O)cc1. The Balaban J connectivity index is 1.49. The van der Waals surface area contributed by atoms with Gasteiger partial charge in [0.25, 0.3) is 5.76 Å². The molecule has 0 unspecified atom stereocenters. The van der Waals surface area contributed by atoms with E-state index in [0.717, 1.165) is 6.07 Å². The molecule has 2 heterocycles. The summed E-state index contributed by atoms with van der Waals surface area (Å²) in [4.78, 5) is 25.5. The predicted molar refractivity (Wildman–Crippen MR) is 118 cm³/mol. The van der Waals surface area contributed by atoms with Crippen LogP contribution in [0.3, 0.4) is 0 Å². The number of carbonyl (C=O) groups is 1. The molecule has 36 heavy (non-hydrogen) atoms. The molecule has 0 fully saturated rings. The Kier molecular flexibility index (Phi) is 5.67. The molecule has 0 radical (unpaired) electrons. The molecule has 0 spiro atoms. The van der Waals surface area contributed by atoms with E-state index in [2.05, 4.69) is 0 Å². The highest BCUT2D eigenvalue weighted by atomic mass is 19.4.